The lowest BCUT2D eigenvalue weighted by atomic mass is 9.97. The van der Waals surface area contributed by atoms with Gasteiger partial charge in [-0.15, -0.1) is 0 Å². The molecule has 0 aromatic heterocycles. The van der Waals surface area contributed by atoms with E-state index < -0.39 is 0 Å². The van der Waals surface area contributed by atoms with E-state index in [1.54, 1.807) is 0 Å². The zero-order chi connectivity index (χ0) is 11.4. The molecule has 2 nitrogen and oxygen atoms in total. The molecule has 2 heteroatoms. The first-order valence-electron chi connectivity index (χ1n) is 6.16. The van der Waals surface area contributed by atoms with Gasteiger partial charge in [-0.25, -0.2) is 0 Å². The Kier molecular flexibility index (Phi) is 3.97. The molecule has 0 atom stereocenters. The highest BCUT2D eigenvalue weighted by Gasteiger charge is 2.18. The van der Waals surface area contributed by atoms with E-state index in [1.807, 2.05) is 0 Å². The molecule has 0 radical (unpaired) electrons. The zero-order valence-corrected chi connectivity index (χ0v) is 10.0. The molecule has 1 N–H and O–H groups in total. The average molecular weight is 219 g/mol. The Balaban J connectivity index is 1.84. The van der Waals surface area contributed by atoms with Crippen molar-refractivity contribution < 1.29 is 5.11 Å². The Hall–Kier alpha value is -0.860. The number of aliphatic hydroxyl groups excluding tert-OH is 1. The number of piperidine rings is 1. The molecular weight excluding hydrogens is 198 g/mol. The predicted molar refractivity (Wildman–Crippen MR) is 66.3 cm³/mol. The second-order valence-electron chi connectivity index (χ2n) is 4.89. The summed E-state index contributed by atoms with van der Waals surface area (Å²) >= 11 is 0. The number of likely N-dealkylation sites (tertiary alicyclic amines) is 1. The lowest BCUT2D eigenvalue weighted by Crippen LogP contribution is -2.34. The second kappa shape index (κ2) is 5.46. The Labute approximate surface area is 97.9 Å². The minimum Gasteiger partial charge on any atom is -0.396 e. The van der Waals surface area contributed by atoms with Crippen LogP contribution >= 0.6 is 0 Å². The molecule has 0 aliphatic carbocycles. The van der Waals surface area contributed by atoms with Gasteiger partial charge in [0.25, 0.3) is 0 Å². The monoisotopic (exact) mass is 219 g/mol. The van der Waals surface area contributed by atoms with Gasteiger partial charge in [0, 0.05) is 13.2 Å². The molecule has 0 spiro atoms. The summed E-state index contributed by atoms with van der Waals surface area (Å²) in [5, 5.41) is 9.08. The van der Waals surface area contributed by atoms with Crippen LogP contribution in [0.1, 0.15) is 24.0 Å². The van der Waals surface area contributed by atoms with Gasteiger partial charge >= 0.3 is 0 Å². The van der Waals surface area contributed by atoms with E-state index >= 15 is 0 Å². The summed E-state index contributed by atoms with van der Waals surface area (Å²) in [5.41, 5.74) is 2.72. The minimum absolute atomic E-state index is 0.359. The van der Waals surface area contributed by atoms with Gasteiger partial charge in [-0.2, -0.15) is 0 Å². The van der Waals surface area contributed by atoms with Crippen LogP contribution in [0.25, 0.3) is 0 Å². The number of aryl methyl sites for hydroxylation is 1. The van der Waals surface area contributed by atoms with Crippen molar-refractivity contribution in [3.8, 4) is 0 Å². The van der Waals surface area contributed by atoms with Crippen molar-refractivity contribution in [2.75, 3.05) is 19.7 Å². The predicted octanol–water partition coefficient (Wildman–Crippen LogP) is 2.20. The molecule has 0 amide bonds. The number of aliphatic hydroxyl groups is 1. The van der Waals surface area contributed by atoms with Crippen molar-refractivity contribution in [2.45, 2.75) is 26.3 Å². The number of rotatable bonds is 3. The van der Waals surface area contributed by atoms with Crippen LogP contribution in [-0.4, -0.2) is 29.7 Å². The van der Waals surface area contributed by atoms with Gasteiger partial charge in [0.2, 0.25) is 0 Å². The molecule has 1 aromatic rings. The van der Waals surface area contributed by atoms with Crippen LogP contribution in [0.2, 0.25) is 0 Å². The third kappa shape index (κ3) is 3.06. The third-order valence-corrected chi connectivity index (χ3v) is 3.49. The Bertz CT molecular complexity index is 312. The summed E-state index contributed by atoms with van der Waals surface area (Å²) in [7, 11) is 0. The van der Waals surface area contributed by atoms with Gasteiger partial charge in [-0.05, 0) is 44.3 Å². The third-order valence-electron chi connectivity index (χ3n) is 3.49. The quantitative estimate of drug-likeness (QED) is 0.842. The number of benzene rings is 1. The highest BCUT2D eigenvalue weighted by Crippen LogP contribution is 2.18. The van der Waals surface area contributed by atoms with Crippen molar-refractivity contribution in [3.63, 3.8) is 0 Å². The second-order valence-corrected chi connectivity index (χ2v) is 4.89. The molecule has 1 aliphatic heterocycles. The van der Waals surface area contributed by atoms with E-state index in [0.29, 0.717) is 12.5 Å². The summed E-state index contributed by atoms with van der Waals surface area (Å²) in [6, 6.07) is 8.78. The van der Waals surface area contributed by atoms with Crippen molar-refractivity contribution in [2.24, 2.45) is 5.92 Å². The summed E-state index contributed by atoms with van der Waals surface area (Å²) in [5.74, 6) is 0.536. The summed E-state index contributed by atoms with van der Waals surface area (Å²) in [6.07, 6.45) is 2.28. The Morgan fingerprint density at radius 1 is 1.19 bits per heavy atom. The van der Waals surface area contributed by atoms with Crippen molar-refractivity contribution in [1.82, 2.24) is 4.90 Å². The van der Waals surface area contributed by atoms with Gasteiger partial charge in [0.15, 0.2) is 0 Å². The topological polar surface area (TPSA) is 23.5 Å². The van der Waals surface area contributed by atoms with Crippen LogP contribution in [0, 0.1) is 12.8 Å². The van der Waals surface area contributed by atoms with Crippen LogP contribution in [0.15, 0.2) is 24.3 Å². The first-order chi connectivity index (χ1) is 7.78. The zero-order valence-electron chi connectivity index (χ0n) is 10.0. The average Bonchev–Trinajstić information content (AvgIpc) is 2.33. The van der Waals surface area contributed by atoms with E-state index in [9.17, 15) is 0 Å². The molecular formula is C14H21NO. The molecule has 2 rings (SSSR count). The molecule has 1 heterocycles. The van der Waals surface area contributed by atoms with Crippen LogP contribution in [0.4, 0.5) is 0 Å². The maximum absolute atomic E-state index is 9.08. The minimum atomic E-state index is 0.359. The maximum atomic E-state index is 9.08. The van der Waals surface area contributed by atoms with Crippen molar-refractivity contribution in [1.29, 1.82) is 0 Å². The molecule has 0 saturated carbocycles. The van der Waals surface area contributed by atoms with Crippen LogP contribution in [-0.2, 0) is 6.54 Å². The van der Waals surface area contributed by atoms with Gasteiger partial charge < -0.3 is 5.11 Å². The highest BCUT2D eigenvalue weighted by molar-refractivity contribution is 5.21. The first kappa shape index (κ1) is 11.6. The molecule has 16 heavy (non-hydrogen) atoms. The molecule has 1 fully saturated rings. The van der Waals surface area contributed by atoms with Gasteiger partial charge in [0.05, 0.1) is 0 Å². The fourth-order valence-corrected chi connectivity index (χ4v) is 2.28. The number of hydrogen-bond acceptors (Lipinski definition) is 2. The molecule has 1 aromatic carbocycles. The van der Waals surface area contributed by atoms with Gasteiger partial charge in [-0.3, -0.25) is 4.90 Å². The SMILES string of the molecule is Cc1ccc(CN2CCC(CO)CC2)cc1. The highest BCUT2D eigenvalue weighted by atomic mass is 16.3. The largest absolute Gasteiger partial charge is 0.396 e. The summed E-state index contributed by atoms with van der Waals surface area (Å²) in [6.45, 7) is 5.78. The van der Waals surface area contributed by atoms with E-state index in [1.165, 1.54) is 11.1 Å². The lowest BCUT2D eigenvalue weighted by Gasteiger charge is -2.31. The maximum Gasteiger partial charge on any atom is 0.0460 e. The molecule has 0 unspecified atom stereocenters. The van der Waals surface area contributed by atoms with Crippen molar-refractivity contribution >= 4 is 0 Å². The summed E-state index contributed by atoms with van der Waals surface area (Å²) in [4.78, 5) is 2.48. The van der Waals surface area contributed by atoms with Crippen LogP contribution in [0.5, 0.6) is 0 Å². The molecule has 1 saturated heterocycles. The van der Waals surface area contributed by atoms with Crippen LogP contribution in [0.3, 0.4) is 0 Å². The normalized spacial score (nSPS) is 18.9. The van der Waals surface area contributed by atoms with Crippen molar-refractivity contribution in [3.05, 3.63) is 35.4 Å². The Morgan fingerprint density at radius 3 is 2.38 bits per heavy atom. The van der Waals surface area contributed by atoms with Gasteiger partial charge in [-0.1, -0.05) is 29.8 Å². The number of nitrogens with zero attached hydrogens (tertiary/aromatic N) is 1. The van der Waals surface area contributed by atoms with E-state index in [4.69, 9.17) is 5.11 Å². The molecule has 1 aliphatic rings. The fourth-order valence-electron chi connectivity index (χ4n) is 2.28. The van der Waals surface area contributed by atoms with E-state index in [0.717, 1.165) is 32.5 Å². The van der Waals surface area contributed by atoms with E-state index in [-0.39, 0.29) is 0 Å². The lowest BCUT2D eigenvalue weighted by molar-refractivity contribution is 0.127. The summed E-state index contributed by atoms with van der Waals surface area (Å²) < 4.78 is 0. The standard InChI is InChI=1S/C14H21NO/c1-12-2-4-13(5-3-12)10-15-8-6-14(11-16)7-9-15/h2-5,14,16H,6-11H2,1H3. The first-order valence-corrected chi connectivity index (χ1v) is 6.16. The Morgan fingerprint density at radius 2 is 1.81 bits per heavy atom. The number of hydrogen-bond donors (Lipinski definition) is 1. The molecule has 88 valence electrons. The van der Waals surface area contributed by atoms with Crippen LogP contribution < -0.4 is 0 Å². The fraction of sp³-hybridized carbons (Fsp3) is 0.571. The molecule has 0 bridgehead atoms. The van der Waals surface area contributed by atoms with Gasteiger partial charge in [0.1, 0.15) is 0 Å². The smallest absolute Gasteiger partial charge is 0.0460 e. The van der Waals surface area contributed by atoms with E-state index in [2.05, 4.69) is 36.1 Å².